The molecule has 0 aliphatic carbocycles. The van der Waals surface area contributed by atoms with Crippen LogP contribution in [0.25, 0.3) is 0 Å². The molecule has 0 unspecified atom stereocenters. The third kappa shape index (κ3) is 4.99. The lowest BCUT2D eigenvalue weighted by atomic mass is 9.90. The molecule has 4 rings (SSSR count). The number of rotatable bonds is 5. The molecule has 1 aliphatic heterocycles. The first-order valence-corrected chi connectivity index (χ1v) is 10.2. The molecule has 2 aromatic carbocycles. The summed E-state index contributed by atoms with van der Waals surface area (Å²) in [7, 11) is 0. The number of carbonyl (C=O) groups is 1. The zero-order valence-corrected chi connectivity index (χ0v) is 16.7. The van der Waals surface area contributed by atoms with Gasteiger partial charge >= 0.3 is 0 Å². The Bertz CT molecular complexity index is 965. The SMILES string of the molecule is Cc1cccc(NC(=O)c2ccnc(N3CCC(Cc4ccccc4)CC3)n2)c1. The van der Waals surface area contributed by atoms with Gasteiger partial charge in [-0.25, -0.2) is 9.97 Å². The van der Waals surface area contributed by atoms with Crippen molar-refractivity contribution in [3.05, 3.63) is 83.7 Å². The number of benzene rings is 2. The van der Waals surface area contributed by atoms with E-state index < -0.39 is 0 Å². The highest BCUT2D eigenvalue weighted by Gasteiger charge is 2.22. The Hall–Kier alpha value is -3.21. The molecule has 1 fully saturated rings. The van der Waals surface area contributed by atoms with Gasteiger partial charge in [0.25, 0.3) is 5.91 Å². The van der Waals surface area contributed by atoms with Crippen LogP contribution in [-0.2, 0) is 6.42 Å². The summed E-state index contributed by atoms with van der Waals surface area (Å²) in [5.41, 5.74) is 3.67. The Morgan fingerprint density at radius 3 is 2.62 bits per heavy atom. The quantitative estimate of drug-likeness (QED) is 0.702. The summed E-state index contributed by atoms with van der Waals surface area (Å²) >= 11 is 0. The lowest BCUT2D eigenvalue weighted by Crippen LogP contribution is -2.35. The van der Waals surface area contributed by atoms with E-state index in [0.29, 0.717) is 17.6 Å². The topological polar surface area (TPSA) is 58.1 Å². The molecule has 0 atom stereocenters. The monoisotopic (exact) mass is 386 g/mol. The molecular weight excluding hydrogens is 360 g/mol. The van der Waals surface area contributed by atoms with Crippen molar-refractivity contribution in [2.45, 2.75) is 26.2 Å². The molecule has 0 spiro atoms. The van der Waals surface area contributed by atoms with Crippen molar-refractivity contribution in [2.75, 3.05) is 23.3 Å². The molecule has 0 saturated carbocycles. The summed E-state index contributed by atoms with van der Waals surface area (Å²) < 4.78 is 0. The van der Waals surface area contributed by atoms with Gasteiger partial charge in [0.1, 0.15) is 5.69 Å². The van der Waals surface area contributed by atoms with Crippen LogP contribution in [0.2, 0.25) is 0 Å². The van der Waals surface area contributed by atoms with E-state index in [1.807, 2.05) is 31.2 Å². The average molecular weight is 386 g/mol. The van der Waals surface area contributed by atoms with E-state index >= 15 is 0 Å². The van der Waals surface area contributed by atoms with Gasteiger partial charge in [0, 0.05) is 25.0 Å². The van der Waals surface area contributed by atoms with Crippen LogP contribution in [0.4, 0.5) is 11.6 Å². The van der Waals surface area contributed by atoms with E-state index in [2.05, 4.69) is 50.5 Å². The number of aromatic nitrogens is 2. The van der Waals surface area contributed by atoms with Crippen molar-refractivity contribution in [3.63, 3.8) is 0 Å². The van der Waals surface area contributed by atoms with E-state index in [-0.39, 0.29) is 5.91 Å². The van der Waals surface area contributed by atoms with Crippen LogP contribution >= 0.6 is 0 Å². The number of piperidine rings is 1. The molecule has 1 N–H and O–H groups in total. The van der Waals surface area contributed by atoms with Gasteiger partial charge in [-0.1, -0.05) is 42.5 Å². The van der Waals surface area contributed by atoms with E-state index in [9.17, 15) is 4.79 Å². The molecule has 0 bridgehead atoms. The average Bonchev–Trinajstić information content (AvgIpc) is 2.75. The first-order chi connectivity index (χ1) is 14.2. The number of nitrogens with one attached hydrogen (secondary N) is 1. The zero-order valence-electron chi connectivity index (χ0n) is 16.7. The van der Waals surface area contributed by atoms with Gasteiger partial charge in [0.05, 0.1) is 0 Å². The lowest BCUT2D eigenvalue weighted by molar-refractivity contribution is 0.102. The Kier molecular flexibility index (Phi) is 5.84. The number of anilines is 2. The predicted octanol–water partition coefficient (Wildman–Crippen LogP) is 4.50. The Balaban J connectivity index is 1.37. The summed E-state index contributed by atoms with van der Waals surface area (Å²) in [5.74, 6) is 1.11. The Morgan fingerprint density at radius 1 is 1.07 bits per heavy atom. The van der Waals surface area contributed by atoms with Gasteiger partial charge in [-0.15, -0.1) is 0 Å². The highest BCUT2D eigenvalue weighted by molar-refractivity contribution is 6.03. The number of carbonyl (C=O) groups excluding carboxylic acids is 1. The largest absolute Gasteiger partial charge is 0.341 e. The summed E-state index contributed by atoms with van der Waals surface area (Å²) in [6.45, 7) is 3.83. The van der Waals surface area contributed by atoms with Gasteiger partial charge < -0.3 is 10.2 Å². The van der Waals surface area contributed by atoms with Gasteiger partial charge in [0.2, 0.25) is 5.95 Å². The third-order valence-electron chi connectivity index (χ3n) is 5.42. The van der Waals surface area contributed by atoms with Crippen molar-refractivity contribution in [1.82, 2.24) is 9.97 Å². The van der Waals surface area contributed by atoms with Crippen LogP contribution in [0, 0.1) is 12.8 Å². The van der Waals surface area contributed by atoms with Crippen LogP contribution < -0.4 is 10.2 Å². The number of aryl methyl sites for hydroxylation is 1. The summed E-state index contributed by atoms with van der Waals surface area (Å²) in [6, 6.07) is 20.1. The molecule has 1 amide bonds. The molecule has 148 valence electrons. The summed E-state index contributed by atoms with van der Waals surface area (Å²) in [5, 5.41) is 2.92. The van der Waals surface area contributed by atoms with E-state index in [1.54, 1.807) is 12.3 Å². The van der Waals surface area contributed by atoms with Crippen molar-refractivity contribution in [3.8, 4) is 0 Å². The highest BCUT2D eigenvalue weighted by atomic mass is 16.1. The maximum absolute atomic E-state index is 12.6. The smallest absolute Gasteiger partial charge is 0.274 e. The van der Waals surface area contributed by atoms with Crippen molar-refractivity contribution >= 4 is 17.5 Å². The maximum Gasteiger partial charge on any atom is 0.274 e. The standard InChI is InChI=1S/C24H26N4O/c1-18-6-5-9-21(16-18)26-23(29)22-10-13-25-24(27-22)28-14-11-20(12-15-28)17-19-7-3-2-4-8-19/h2-10,13,16,20H,11-12,14-15,17H2,1H3,(H,26,29). The number of hydrogen-bond acceptors (Lipinski definition) is 4. The van der Waals surface area contributed by atoms with Crippen LogP contribution in [0.1, 0.15) is 34.5 Å². The molecular formula is C24H26N4O. The summed E-state index contributed by atoms with van der Waals surface area (Å²) in [4.78, 5) is 23.7. The van der Waals surface area contributed by atoms with Crippen LogP contribution in [-0.4, -0.2) is 29.0 Å². The molecule has 5 heteroatoms. The molecule has 1 saturated heterocycles. The van der Waals surface area contributed by atoms with Crippen molar-refractivity contribution in [1.29, 1.82) is 0 Å². The van der Waals surface area contributed by atoms with E-state index in [1.165, 1.54) is 5.56 Å². The number of nitrogens with zero attached hydrogens (tertiary/aromatic N) is 3. The fraction of sp³-hybridized carbons (Fsp3) is 0.292. The third-order valence-corrected chi connectivity index (χ3v) is 5.42. The Labute approximate surface area is 171 Å². The van der Waals surface area contributed by atoms with Crippen molar-refractivity contribution in [2.24, 2.45) is 5.92 Å². The van der Waals surface area contributed by atoms with Gasteiger partial charge in [-0.05, 0) is 61.4 Å². The first-order valence-electron chi connectivity index (χ1n) is 10.2. The number of hydrogen-bond donors (Lipinski definition) is 1. The zero-order chi connectivity index (χ0) is 20.1. The second-order valence-electron chi connectivity index (χ2n) is 7.69. The predicted molar refractivity (Wildman–Crippen MR) is 116 cm³/mol. The molecule has 1 aliphatic rings. The number of amides is 1. The lowest BCUT2D eigenvalue weighted by Gasteiger charge is -2.32. The van der Waals surface area contributed by atoms with E-state index in [4.69, 9.17) is 0 Å². The van der Waals surface area contributed by atoms with Crippen molar-refractivity contribution < 1.29 is 4.79 Å². The fourth-order valence-corrected chi connectivity index (χ4v) is 3.83. The highest BCUT2D eigenvalue weighted by Crippen LogP contribution is 2.24. The van der Waals surface area contributed by atoms with Gasteiger partial charge in [-0.3, -0.25) is 4.79 Å². The second-order valence-corrected chi connectivity index (χ2v) is 7.69. The molecule has 2 heterocycles. The molecule has 29 heavy (non-hydrogen) atoms. The van der Waals surface area contributed by atoms with Crippen LogP contribution in [0.15, 0.2) is 66.9 Å². The maximum atomic E-state index is 12.6. The molecule has 5 nitrogen and oxygen atoms in total. The fourth-order valence-electron chi connectivity index (χ4n) is 3.83. The molecule has 1 aromatic heterocycles. The minimum absolute atomic E-state index is 0.210. The minimum atomic E-state index is -0.210. The van der Waals surface area contributed by atoms with Crippen LogP contribution in [0.3, 0.4) is 0 Å². The second kappa shape index (κ2) is 8.86. The van der Waals surface area contributed by atoms with Gasteiger partial charge in [0.15, 0.2) is 0 Å². The normalized spacial score (nSPS) is 14.6. The molecule has 0 radical (unpaired) electrons. The summed E-state index contributed by atoms with van der Waals surface area (Å²) in [6.07, 6.45) is 5.01. The first kappa shape index (κ1) is 19.1. The van der Waals surface area contributed by atoms with E-state index in [0.717, 1.165) is 43.6 Å². The Morgan fingerprint density at radius 2 is 1.86 bits per heavy atom. The van der Waals surface area contributed by atoms with Gasteiger partial charge in [-0.2, -0.15) is 0 Å². The minimum Gasteiger partial charge on any atom is -0.341 e. The molecule has 3 aromatic rings. The van der Waals surface area contributed by atoms with Crippen LogP contribution in [0.5, 0.6) is 0 Å².